The fraction of sp³-hybridized carbons (Fsp3) is 0.471. The first-order chi connectivity index (χ1) is 11.0. The van der Waals surface area contributed by atoms with Gasteiger partial charge in [-0.15, -0.1) is 0 Å². The van der Waals surface area contributed by atoms with E-state index in [1.54, 1.807) is 36.1 Å². The summed E-state index contributed by atoms with van der Waals surface area (Å²) in [6.45, 7) is 2.84. The summed E-state index contributed by atoms with van der Waals surface area (Å²) in [6, 6.07) is 6.92. The summed E-state index contributed by atoms with van der Waals surface area (Å²) in [7, 11) is 1.38. The van der Waals surface area contributed by atoms with Gasteiger partial charge in [-0.2, -0.15) is 0 Å². The Hall–Kier alpha value is -2.37. The maximum atomic E-state index is 12.6. The Kier molecular flexibility index (Phi) is 5.73. The van der Waals surface area contributed by atoms with Gasteiger partial charge in [0.15, 0.2) is 0 Å². The molecule has 0 saturated carbocycles. The number of hydrogen-bond acceptors (Lipinski definition) is 4. The molecule has 1 fully saturated rings. The van der Waals surface area contributed by atoms with Gasteiger partial charge in [0.1, 0.15) is 0 Å². The van der Waals surface area contributed by atoms with Crippen LogP contribution in [0.2, 0.25) is 0 Å². The third-order valence-corrected chi connectivity index (χ3v) is 4.03. The second-order valence-corrected chi connectivity index (χ2v) is 5.57. The lowest BCUT2D eigenvalue weighted by Crippen LogP contribution is -2.40. The highest BCUT2D eigenvalue weighted by molar-refractivity contribution is 5.97. The summed E-state index contributed by atoms with van der Waals surface area (Å²) in [4.78, 5) is 37.3. The van der Waals surface area contributed by atoms with E-state index in [-0.39, 0.29) is 23.7 Å². The predicted molar refractivity (Wildman–Crippen MR) is 86.0 cm³/mol. The van der Waals surface area contributed by atoms with Crippen molar-refractivity contribution in [2.24, 2.45) is 5.92 Å². The highest BCUT2D eigenvalue weighted by Gasteiger charge is 2.28. The normalized spacial score (nSPS) is 15.1. The van der Waals surface area contributed by atoms with Crippen molar-refractivity contribution in [3.05, 3.63) is 29.8 Å². The number of amides is 2. The van der Waals surface area contributed by atoms with E-state index in [0.29, 0.717) is 43.6 Å². The van der Waals surface area contributed by atoms with E-state index in [9.17, 15) is 14.4 Å². The van der Waals surface area contributed by atoms with Crippen LogP contribution in [0.15, 0.2) is 24.3 Å². The second kappa shape index (κ2) is 7.76. The highest BCUT2D eigenvalue weighted by atomic mass is 16.5. The number of piperidine rings is 1. The van der Waals surface area contributed by atoms with E-state index >= 15 is 0 Å². The number of anilines is 1. The Morgan fingerprint density at radius 3 is 2.57 bits per heavy atom. The van der Waals surface area contributed by atoms with Crippen molar-refractivity contribution in [2.45, 2.75) is 26.2 Å². The monoisotopic (exact) mass is 318 g/mol. The summed E-state index contributed by atoms with van der Waals surface area (Å²) in [5, 5.41) is 2.75. The second-order valence-electron chi connectivity index (χ2n) is 5.57. The van der Waals surface area contributed by atoms with Crippen LogP contribution in [0.5, 0.6) is 0 Å². The molecule has 1 aromatic rings. The minimum absolute atomic E-state index is 0.0825. The van der Waals surface area contributed by atoms with Crippen LogP contribution < -0.4 is 5.32 Å². The molecule has 1 saturated heterocycles. The molecule has 1 heterocycles. The van der Waals surface area contributed by atoms with Crippen molar-refractivity contribution in [3.8, 4) is 0 Å². The number of rotatable bonds is 4. The number of ether oxygens (including phenoxy) is 1. The molecule has 1 N–H and O–H groups in total. The number of nitrogens with zero attached hydrogens (tertiary/aromatic N) is 1. The van der Waals surface area contributed by atoms with Crippen molar-refractivity contribution < 1.29 is 19.1 Å². The number of nitrogens with one attached hydrogen (secondary N) is 1. The van der Waals surface area contributed by atoms with E-state index in [1.165, 1.54) is 7.11 Å². The Morgan fingerprint density at radius 2 is 1.96 bits per heavy atom. The van der Waals surface area contributed by atoms with Crippen molar-refractivity contribution in [2.75, 3.05) is 25.5 Å². The van der Waals surface area contributed by atoms with Gasteiger partial charge in [0.25, 0.3) is 5.91 Å². The maximum absolute atomic E-state index is 12.6. The zero-order chi connectivity index (χ0) is 16.8. The first-order valence-corrected chi connectivity index (χ1v) is 7.82. The van der Waals surface area contributed by atoms with Gasteiger partial charge < -0.3 is 15.0 Å². The zero-order valence-corrected chi connectivity index (χ0v) is 13.5. The molecule has 2 rings (SSSR count). The maximum Gasteiger partial charge on any atom is 0.308 e. The Morgan fingerprint density at radius 1 is 1.26 bits per heavy atom. The predicted octanol–water partition coefficient (Wildman–Crippen LogP) is 2.06. The molecule has 0 unspecified atom stereocenters. The molecule has 0 aliphatic carbocycles. The fourth-order valence-corrected chi connectivity index (χ4v) is 2.65. The van der Waals surface area contributed by atoms with E-state index in [4.69, 9.17) is 4.74 Å². The topological polar surface area (TPSA) is 75.7 Å². The molecular formula is C17H22N2O4. The Balaban J connectivity index is 2.00. The molecule has 0 radical (unpaired) electrons. The van der Waals surface area contributed by atoms with Crippen LogP contribution in [0.25, 0.3) is 0 Å². The van der Waals surface area contributed by atoms with Crippen molar-refractivity contribution >= 4 is 23.5 Å². The summed E-state index contributed by atoms with van der Waals surface area (Å²) in [5.74, 6) is -0.505. The Labute approximate surface area is 135 Å². The molecule has 124 valence electrons. The molecule has 1 aromatic carbocycles. The van der Waals surface area contributed by atoms with Gasteiger partial charge in [-0.1, -0.05) is 13.0 Å². The summed E-state index contributed by atoms with van der Waals surface area (Å²) in [6.07, 6.45) is 1.62. The Bertz CT molecular complexity index is 592. The van der Waals surface area contributed by atoms with Gasteiger partial charge in [0.05, 0.1) is 13.0 Å². The number of benzene rings is 1. The summed E-state index contributed by atoms with van der Waals surface area (Å²) >= 11 is 0. The van der Waals surface area contributed by atoms with Crippen LogP contribution in [-0.2, 0) is 14.3 Å². The minimum atomic E-state index is -0.207. The number of carbonyl (C=O) groups is 3. The van der Waals surface area contributed by atoms with Crippen LogP contribution in [0.1, 0.15) is 36.5 Å². The van der Waals surface area contributed by atoms with Crippen LogP contribution in [-0.4, -0.2) is 42.9 Å². The van der Waals surface area contributed by atoms with E-state index < -0.39 is 0 Å². The molecule has 2 amide bonds. The quantitative estimate of drug-likeness (QED) is 0.862. The van der Waals surface area contributed by atoms with Gasteiger partial charge in [0.2, 0.25) is 5.91 Å². The van der Waals surface area contributed by atoms with E-state index in [2.05, 4.69) is 5.32 Å². The van der Waals surface area contributed by atoms with Gasteiger partial charge in [-0.3, -0.25) is 14.4 Å². The largest absolute Gasteiger partial charge is 0.469 e. The van der Waals surface area contributed by atoms with E-state index in [1.807, 2.05) is 0 Å². The number of carbonyl (C=O) groups excluding carboxylic acids is 3. The van der Waals surface area contributed by atoms with E-state index in [0.717, 1.165) is 0 Å². The first-order valence-electron chi connectivity index (χ1n) is 7.82. The molecule has 0 aromatic heterocycles. The molecule has 0 atom stereocenters. The molecular weight excluding hydrogens is 296 g/mol. The lowest BCUT2D eigenvalue weighted by atomic mass is 9.96. The zero-order valence-electron chi connectivity index (χ0n) is 13.5. The first kappa shape index (κ1) is 17.0. The highest BCUT2D eigenvalue weighted by Crippen LogP contribution is 2.21. The van der Waals surface area contributed by atoms with Gasteiger partial charge in [0, 0.05) is 30.8 Å². The fourth-order valence-electron chi connectivity index (χ4n) is 2.65. The van der Waals surface area contributed by atoms with Crippen molar-refractivity contribution in [1.82, 2.24) is 4.90 Å². The van der Waals surface area contributed by atoms with Gasteiger partial charge in [-0.25, -0.2) is 0 Å². The average Bonchev–Trinajstić information content (AvgIpc) is 2.60. The van der Waals surface area contributed by atoms with Crippen LogP contribution in [0.3, 0.4) is 0 Å². The summed E-state index contributed by atoms with van der Waals surface area (Å²) in [5.41, 5.74) is 1.16. The summed E-state index contributed by atoms with van der Waals surface area (Å²) < 4.78 is 4.75. The number of methoxy groups -OCH3 is 1. The molecule has 6 heteroatoms. The van der Waals surface area contributed by atoms with Crippen molar-refractivity contribution in [1.29, 1.82) is 0 Å². The number of hydrogen-bond donors (Lipinski definition) is 1. The SMILES string of the molecule is CCC(=O)Nc1cccc(C(=O)N2CCC(C(=O)OC)CC2)c1. The smallest absolute Gasteiger partial charge is 0.308 e. The van der Waals surface area contributed by atoms with Crippen LogP contribution >= 0.6 is 0 Å². The molecule has 0 bridgehead atoms. The molecule has 6 nitrogen and oxygen atoms in total. The lowest BCUT2D eigenvalue weighted by Gasteiger charge is -2.30. The van der Waals surface area contributed by atoms with Gasteiger partial charge in [-0.05, 0) is 31.0 Å². The average molecular weight is 318 g/mol. The van der Waals surface area contributed by atoms with Crippen LogP contribution in [0.4, 0.5) is 5.69 Å². The number of likely N-dealkylation sites (tertiary alicyclic amines) is 1. The van der Waals surface area contributed by atoms with Crippen LogP contribution in [0, 0.1) is 5.92 Å². The van der Waals surface area contributed by atoms with Crippen molar-refractivity contribution in [3.63, 3.8) is 0 Å². The minimum Gasteiger partial charge on any atom is -0.469 e. The van der Waals surface area contributed by atoms with Gasteiger partial charge >= 0.3 is 5.97 Å². The molecule has 23 heavy (non-hydrogen) atoms. The number of esters is 1. The lowest BCUT2D eigenvalue weighted by molar-refractivity contribution is -0.146. The third kappa shape index (κ3) is 4.31. The standard InChI is InChI=1S/C17H22N2O4/c1-3-15(20)18-14-6-4-5-13(11-14)16(21)19-9-7-12(8-10-19)17(22)23-2/h4-6,11-12H,3,7-10H2,1-2H3,(H,18,20). The third-order valence-electron chi connectivity index (χ3n) is 4.03. The molecule has 1 aliphatic rings. The molecule has 1 aliphatic heterocycles. The molecule has 0 spiro atoms.